The van der Waals surface area contributed by atoms with Crippen molar-refractivity contribution in [3.8, 4) is 17.6 Å². The molecule has 0 spiro atoms. The number of amides is 3. The number of rotatable bonds is 10. The van der Waals surface area contributed by atoms with Crippen molar-refractivity contribution < 1.29 is 36.3 Å². The SMILES string of the molecule is CCN(C)S(=O)(=O)Nc1ccc(F)c(Oc2ccc3ncn([C@@H]4CCN(C5CCN(c6cc7c(cc6F)c(N6CCC(=O)NC6=O)nn7C)CC5)COC4)c(=O)c3c2)c1C#N. The normalized spacial score (nSPS) is 18.4. The van der Waals surface area contributed by atoms with Crippen molar-refractivity contribution in [1.82, 2.24) is 33.9 Å². The van der Waals surface area contributed by atoms with Crippen molar-refractivity contribution in [3.05, 3.63) is 76.3 Å². The molecule has 21 heteroatoms. The highest BCUT2D eigenvalue weighted by atomic mass is 32.2. The van der Waals surface area contributed by atoms with Gasteiger partial charge in [0.25, 0.3) is 5.56 Å². The highest BCUT2D eigenvalue weighted by molar-refractivity contribution is 7.90. The number of aromatic nitrogens is 4. The van der Waals surface area contributed by atoms with Gasteiger partial charge in [-0.05, 0) is 61.7 Å². The molecule has 3 aliphatic rings. The average Bonchev–Trinajstić information content (AvgIpc) is 3.38. The number of urea groups is 1. The lowest BCUT2D eigenvalue weighted by molar-refractivity contribution is -0.120. The fourth-order valence-electron chi connectivity index (χ4n) is 8.00. The van der Waals surface area contributed by atoms with E-state index in [1.165, 1.54) is 41.0 Å². The van der Waals surface area contributed by atoms with Gasteiger partial charge in [0.05, 0.1) is 53.5 Å². The van der Waals surface area contributed by atoms with Crippen LogP contribution < -0.4 is 30.1 Å². The molecule has 0 saturated carbocycles. The summed E-state index contributed by atoms with van der Waals surface area (Å²) in [6.45, 7) is 4.34. The monoisotopic (exact) mass is 859 g/mol. The van der Waals surface area contributed by atoms with Gasteiger partial charge < -0.3 is 14.4 Å². The van der Waals surface area contributed by atoms with E-state index in [0.29, 0.717) is 60.7 Å². The molecule has 3 aromatic carbocycles. The van der Waals surface area contributed by atoms with Crippen LogP contribution in [0.2, 0.25) is 0 Å². The second-order valence-corrected chi connectivity index (χ2v) is 16.9. The molecule has 18 nitrogen and oxygen atoms in total. The zero-order chi connectivity index (χ0) is 43.2. The molecule has 2 N–H and O–H groups in total. The Bertz CT molecular complexity index is 2770. The van der Waals surface area contributed by atoms with Crippen LogP contribution in [0.1, 0.15) is 44.2 Å². The van der Waals surface area contributed by atoms with E-state index in [2.05, 4.69) is 25.0 Å². The topological polar surface area (TPSA) is 200 Å². The number of nitrogens with one attached hydrogen (secondary N) is 2. The van der Waals surface area contributed by atoms with Gasteiger partial charge in [0, 0.05) is 64.7 Å². The standard InChI is InChI=1S/C40H43F2N11O7S/c1-4-48(2)61(57,58)47-33-8-6-30(41)37(29(33)20-43)60-26-5-7-32-27(17-26)39(55)53(22-44-32)25-11-15-51(23-59-21-25)24-9-13-50(14-10-24)35-19-34-28(18-31(35)42)38(46-49(34)3)52-16-12-36(54)45-40(52)56/h5-8,17-19,22,24-25,47H,4,9-16,21,23H2,1-3H3,(H,45,54,56)/t25-/m1/s1. The zero-order valence-electron chi connectivity index (χ0n) is 33.6. The predicted molar refractivity (Wildman–Crippen MR) is 221 cm³/mol. The van der Waals surface area contributed by atoms with Gasteiger partial charge in [-0.3, -0.25) is 38.7 Å². The number of nitriles is 1. The Morgan fingerprint density at radius 2 is 1.79 bits per heavy atom. The maximum Gasteiger partial charge on any atom is 0.329 e. The van der Waals surface area contributed by atoms with Gasteiger partial charge in [-0.1, -0.05) is 6.92 Å². The fourth-order valence-corrected chi connectivity index (χ4v) is 8.94. The molecule has 3 amide bonds. The molecule has 3 fully saturated rings. The average molecular weight is 860 g/mol. The molecule has 3 saturated heterocycles. The van der Waals surface area contributed by atoms with Gasteiger partial charge in [0.2, 0.25) is 5.91 Å². The van der Waals surface area contributed by atoms with Crippen LogP contribution in [0, 0.1) is 23.0 Å². The molecule has 3 aliphatic heterocycles. The lowest BCUT2D eigenvalue weighted by atomic mass is 10.0. The number of carbonyl (C=O) groups is 2. The number of hydrogen-bond donors (Lipinski definition) is 2. The number of benzene rings is 3. The summed E-state index contributed by atoms with van der Waals surface area (Å²) in [6.07, 6.45) is 3.66. The van der Waals surface area contributed by atoms with E-state index in [4.69, 9.17) is 9.47 Å². The van der Waals surface area contributed by atoms with Gasteiger partial charge in [0.1, 0.15) is 23.2 Å². The van der Waals surface area contributed by atoms with Gasteiger partial charge in [-0.25, -0.2) is 18.6 Å². The van der Waals surface area contributed by atoms with Crippen LogP contribution in [-0.2, 0) is 26.8 Å². The number of hydrogen-bond acceptors (Lipinski definition) is 12. The first-order chi connectivity index (χ1) is 29.3. The first kappa shape index (κ1) is 41.5. The summed E-state index contributed by atoms with van der Waals surface area (Å²) in [5.74, 6) is -1.88. The number of aryl methyl sites for hydroxylation is 1. The minimum absolute atomic E-state index is 0.0370. The number of nitrogens with zero attached hydrogens (tertiary/aromatic N) is 9. The van der Waals surface area contributed by atoms with E-state index in [0.717, 1.165) is 29.3 Å². The molecular weight excluding hydrogens is 817 g/mol. The summed E-state index contributed by atoms with van der Waals surface area (Å²) in [7, 11) is -0.948. The number of carbonyl (C=O) groups excluding carboxylic acids is 2. The number of imide groups is 1. The third-order valence-corrected chi connectivity index (χ3v) is 13.1. The first-order valence-electron chi connectivity index (χ1n) is 19.8. The van der Waals surface area contributed by atoms with E-state index in [1.807, 2.05) is 11.0 Å². The Balaban J connectivity index is 0.935. The number of ether oxygens (including phenoxy) is 2. The van der Waals surface area contributed by atoms with Crippen molar-refractivity contribution in [2.75, 3.05) is 67.6 Å². The van der Waals surface area contributed by atoms with Crippen molar-refractivity contribution >= 4 is 61.1 Å². The summed E-state index contributed by atoms with van der Waals surface area (Å²) in [4.78, 5) is 48.2. The lowest BCUT2D eigenvalue weighted by Gasteiger charge is -2.38. The molecule has 5 heterocycles. The van der Waals surface area contributed by atoms with Crippen LogP contribution in [0.25, 0.3) is 21.8 Å². The van der Waals surface area contributed by atoms with Crippen molar-refractivity contribution in [2.45, 2.75) is 44.7 Å². The molecular formula is C40H43F2N11O7S. The third kappa shape index (κ3) is 8.06. The molecule has 61 heavy (non-hydrogen) atoms. The van der Waals surface area contributed by atoms with Crippen LogP contribution in [0.3, 0.4) is 0 Å². The first-order valence-corrected chi connectivity index (χ1v) is 21.2. The molecule has 320 valence electrons. The van der Waals surface area contributed by atoms with Crippen molar-refractivity contribution in [2.24, 2.45) is 7.05 Å². The van der Waals surface area contributed by atoms with Gasteiger partial charge in [-0.15, -0.1) is 0 Å². The smallest absolute Gasteiger partial charge is 0.329 e. The predicted octanol–water partition coefficient (Wildman–Crippen LogP) is 4.17. The quantitative estimate of drug-likeness (QED) is 0.204. The van der Waals surface area contributed by atoms with E-state index in [1.54, 1.807) is 30.8 Å². The number of fused-ring (bicyclic) bond motifs is 2. The summed E-state index contributed by atoms with van der Waals surface area (Å²) in [5.41, 5.74) is 0.549. The summed E-state index contributed by atoms with van der Waals surface area (Å²) < 4.78 is 74.6. The molecule has 0 unspecified atom stereocenters. The summed E-state index contributed by atoms with van der Waals surface area (Å²) in [5, 5.41) is 17.3. The van der Waals surface area contributed by atoms with Gasteiger partial charge in [-0.2, -0.15) is 23.1 Å². The minimum atomic E-state index is -4.03. The Morgan fingerprint density at radius 3 is 2.52 bits per heavy atom. The van der Waals surface area contributed by atoms with E-state index >= 15 is 8.78 Å². The Morgan fingerprint density at radius 1 is 1.02 bits per heavy atom. The number of anilines is 3. The minimum Gasteiger partial charge on any atom is -0.453 e. The van der Waals surface area contributed by atoms with Crippen molar-refractivity contribution in [1.29, 1.82) is 5.26 Å². The molecule has 5 aromatic rings. The highest BCUT2D eigenvalue weighted by Gasteiger charge is 2.32. The largest absolute Gasteiger partial charge is 0.453 e. The van der Waals surface area contributed by atoms with Gasteiger partial charge >= 0.3 is 16.2 Å². The molecule has 2 aromatic heterocycles. The maximum absolute atomic E-state index is 15.8. The molecule has 0 aliphatic carbocycles. The van der Waals surface area contributed by atoms with Crippen LogP contribution in [0.4, 0.5) is 30.8 Å². The summed E-state index contributed by atoms with van der Waals surface area (Å²) in [6, 6.07) is 10.7. The van der Waals surface area contributed by atoms with Crippen LogP contribution in [0.15, 0.2) is 53.6 Å². The Hall–Kier alpha value is -6.21. The summed E-state index contributed by atoms with van der Waals surface area (Å²) >= 11 is 0. The molecule has 0 bridgehead atoms. The maximum atomic E-state index is 15.8. The van der Waals surface area contributed by atoms with Crippen LogP contribution in [0.5, 0.6) is 11.5 Å². The Labute approximate surface area is 349 Å². The van der Waals surface area contributed by atoms with Crippen LogP contribution >= 0.6 is 0 Å². The fraction of sp³-hybridized carbons (Fsp3) is 0.400. The molecule has 1 atom stereocenters. The Kier molecular flexibility index (Phi) is 11.4. The highest BCUT2D eigenvalue weighted by Crippen LogP contribution is 2.36. The second kappa shape index (κ2) is 16.7. The van der Waals surface area contributed by atoms with E-state index < -0.39 is 33.6 Å². The lowest BCUT2D eigenvalue weighted by Crippen LogP contribution is -2.49. The van der Waals surface area contributed by atoms with E-state index in [9.17, 15) is 28.1 Å². The number of piperidine rings is 1. The van der Waals surface area contributed by atoms with Crippen molar-refractivity contribution in [3.63, 3.8) is 0 Å². The molecule has 8 rings (SSSR count). The number of halogens is 2. The second-order valence-electron chi connectivity index (χ2n) is 15.2. The van der Waals surface area contributed by atoms with E-state index in [-0.39, 0.29) is 72.1 Å². The van der Waals surface area contributed by atoms with Gasteiger partial charge in [0.15, 0.2) is 17.4 Å². The third-order valence-electron chi connectivity index (χ3n) is 11.5. The van der Waals surface area contributed by atoms with Crippen LogP contribution in [-0.4, -0.2) is 108 Å². The molecule has 0 radical (unpaired) electrons. The zero-order valence-corrected chi connectivity index (χ0v) is 34.4.